The van der Waals surface area contributed by atoms with Crippen molar-refractivity contribution in [2.45, 2.75) is 170 Å². The largest absolute Gasteiger partial charge is 1.00 e. The molecule has 8 heterocycles. The first-order valence-corrected chi connectivity index (χ1v) is 51.1. The number of amides is 4. The average Bonchev–Trinajstić information content (AvgIpc) is 1.58. The minimum atomic E-state index is -4.72. The number of carbonyl (C=O) groups is 6. The summed E-state index contributed by atoms with van der Waals surface area (Å²) < 4.78 is 97.0. The van der Waals surface area contributed by atoms with Gasteiger partial charge in [0.25, 0.3) is 23.6 Å². The maximum Gasteiger partial charge on any atom is 1.00 e. The number of rotatable bonds is 20. The molecule has 2 aliphatic carbocycles. The number of nitrogens with zero attached hydrogens (tertiary/aromatic N) is 12. The van der Waals surface area contributed by atoms with Gasteiger partial charge < -0.3 is 79.9 Å². The molecule has 4 aliphatic heterocycles. The maximum absolute atomic E-state index is 13.7. The Morgan fingerprint density at radius 2 is 0.627 bits per heavy atom. The van der Waals surface area contributed by atoms with Gasteiger partial charge in [-0.15, -0.1) is 6.58 Å². The molecule has 0 radical (unpaired) electrons. The summed E-state index contributed by atoms with van der Waals surface area (Å²) in [6.07, 6.45) is 3.06. The molecule has 42 heteroatoms. The molecule has 28 nitrogen and oxygen atoms in total. The summed E-state index contributed by atoms with van der Waals surface area (Å²) >= 11 is 54.1. The second-order valence-electron chi connectivity index (χ2n) is 39.9. The monoisotopic (exact) mass is 2300 g/mol. The Morgan fingerprint density at radius 3 is 0.853 bits per heavy atom. The molecule has 4 aromatic heterocycles. The number of carbonyl (C=O) groups excluding carboxylic acids is 6. The predicted molar refractivity (Wildman–Crippen MR) is 579 cm³/mol. The second-order valence-corrected chi connectivity index (χ2v) is 44.2. The topological polar surface area (TPSA) is 279 Å². The van der Waals surface area contributed by atoms with E-state index < -0.39 is 18.1 Å². The van der Waals surface area contributed by atoms with Crippen molar-refractivity contribution >= 4 is 157 Å². The summed E-state index contributed by atoms with van der Waals surface area (Å²) in [5.74, 6) is 3.20. The Morgan fingerprint density at radius 1 is 0.393 bits per heavy atom. The molecule has 0 N–H and O–H groups in total. The molecule has 150 heavy (non-hydrogen) atoms. The van der Waals surface area contributed by atoms with Crippen molar-refractivity contribution in [2.75, 3.05) is 69.8 Å². The molecule has 6 aliphatic rings. The average molecular weight is 2300 g/mol. The van der Waals surface area contributed by atoms with E-state index in [4.69, 9.17) is 161 Å². The van der Waals surface area contributed by atoms with Gasteiger partial charge in [0.15, 0.2) is 22.8 Å². The SMILES string of the molecule is C=C[B-](F)(F)F.C=Cc1cc2c(cc1OC)OCc1c(C(=O)N(C)C(C)(C)C)nn(-c3cc(Cl)cc(Cl)c3)c1-2.CCOC(=O)[C@@H]1C[C@@H]1c1cc2c(cc1OC)OCc1c(C(=O)N(C)C(C)(C)C)nn(-c3cc(Cl)cc(Cl)c3)c1-2.CCOC(=O)[C@H]1C[C@@H]1c1cc2c(cc1OC)OCc1c(C(=O)N(C)C(C)(C)C)nn(-c3cc(Cl)cc(Cl)c3)c1-2.COc1cc2c(cc1Br)-c1c(c(C(=O)N(C)C(C)(C)C)nn1-c1cc(Cl)cc(Cl)c1)CO2.[K+]. The van der Waals surface area contributed by atoms with Crippen LogP contribution in [0.1, 0.15) is 203 Å². The van der Waals surface area contributed by atoms with Crippen LogP contribution in [0.4, 0.5) is 12.9 Å². The van der Waals surface area contributed by atoms with E-state index in [9.17, 15) is 41.7 Å². The standard InChI is InChI=1S/2C29H31Cl2N3O5.C25H25Cl2N3O3.C23H22BrCl2N3O3.C2H3BF3.K/c2*1-7-38-28(36)20-11-18(20)19-12-21-24(13-23(19)37-6)39-14-22-25(27(35)33(5)29(2,3)4)32-34(26(21)22)17-9-15(30)8-16(31)10-17;1-7-14-8-18-21(12-20(14)32-6)33-13-19-22(24(31)29(5)25(2,3)4)28-30(23(18)19)17-10-15(26)9-16(27)11-17;1-23(2,3)28(4)22(30)20-16-11-32-18-10-19(31-5)17(24)9-15(18)21(16)29(27-20)14-7-12(25)6-13(26)8-14;1-2-3(4,5)6;/h2*8-10,12-13,18,20H,7,11,14H2,1-6H3;7-12H,1,13H2,2-6H3;6-10H,11H2,1-5H3;2H,1H2;/q;;;;-1;+1/t18-,20+;18-,20-;;;;/m11..../s1. The molecule has 18 rings (SSSR count). The molecule has 0 spiro atoms. The predicted octanol–water partition coefficient (Wildman–Crippen LogP) is 23.8. The Bertz CT molecular complexity index is 7030. The Hall–Kier alpha value is -10.4. The molecule has 12 aromatic rings. The summed E-state index contributed by atoms with van der Waals surface area (Å²) in [5.41, 5.74) is 13.3. The molecule has 0 saturated heterocycles. The quantitative estimate of drug-likeness (QED) is 0.0506. The van der Waals surface area contributed by atoms with E-state index in [0.29, 0.717) is 180 Å². The van der Waals surface area contributed by atoms with Gasteiger partial charge in [0.05, 0.1) is 103 Å². The van der Waals surface area contributed by atoms with E-state index >= 15 is 0 Å². The summed E-state index contributed by atoms with van der Waals surface area (Å²) in [6.45, 7) is 30.3. The number of ether oxygens (including phenoxy) is 10. The number of benzene rings is 8. The minimum Gasteiger partial charge on any atom is -0.496 e. The molecular formula is C108H112BBrCl8F3KN12O16. The van der Waals surface area contributed by atoms with Gasteiger partial charge in [-0.1, -0.05) is 105 Å². The van der Waals surface area contributed by atoms with Crippen LogP contribution >= 0.6 is 109 Å². The van der Waals surface area contributed by atoms with Crippen LogP contribution in [-0.2, 0) is 45.5 Å². The van der Waals surface area contributed by atoms with Crippen LogP contribution in [0.15, 0.2) is 145 Å². The van der Waals surface area contributed by atoms with Crippen LogP contribution in [0.5, 0.6) is 46.0 Å². The van der Waals surface area contributed by atoms with Gasteiger partial charge in [-0.2, -0.15) is 26.4 Å². The van der Waals surface area contributed by atoms with Crippen LogP contribution < -0.4 is 89.3 Å². The minimum absolute atomic E-state index is 0. The van der Waals surface area contributed by atoms with Gasteiger partial charge in [0, 0.05) is 177 Å². The molecule has 8 aromatic carbocycles. The van der Waals surface area contributed by atoms with E-state index in [1.807, 2.05) is 132 Å². The smallest absolute Gasteiger partial charge is 0.496 e. The summed E-state index contributed by atoms with van der Waals surface area (Å²) in [5, 5.41) is 22.7. The normalized spacial score (nSPS) is 15.0. The van der Waals surface area contributed by atoms with Gasteiger partial charge in [0.2, 0.25) is 0 Å². The van der Waals surface area contributed by atoms with E-state index in [1.165, 1.54) is 0 Å². The van der Waals surface area contributed by atoms with Gasteiger partial charge >= 0.3 is 70.3 Å². The number of hydrogen-bond donors (Lipinski definition) is 0. The van der Waals surface area contributed by atoms with Crippen molar-refractivity contribution in [1.82, 2.24) is 58.7 Å². The Labute approximate surface area is 959 Å². The molecule has 4 atom stereocenters. The van der Waals surface area contributed by atoms with Crippen LogP contribution in [0.3, 0.4) is 0 Å². The molecule has 2 fully saturated rings. The number of hydrogen-bond acceptors (Lipinski definition) is 20. The molecular weight excluding hydrogens is 2190 g/mol. The Kier molecular flexibility index (Phi) is 36.2. The molecule has 788 valence electrons. The van der Waals surface area contributed by atoms with Gasteiger partial charge in [-0.05, 0) is 234 Å². The molecule has 0 bridgehead atoms. The number of esters is 2. The van der Waals surface area contributed by atoms with Crippen molar-refractivity contribution in [3.63, 3.8) is 0 Å². The van der Waals surface area contributed by atoms with Gasteiger partial charge in [0.1, 0.15) is 72.4 Å². The fourth-order valence-corrected chi connectivity index (χ4v) is 19.6. The third-order valence-corrected chi connectivity index (χ3v) is 28.5. The molecule has 4 amide bonds. The summed E-state index contributed by atoms with van der Waals surface area (Å²) in [4.78, 5) is 85.8. The summed E-state index contributed by atoms with van der Waals surface area (Å²) in [6, 6.07) is 35.7. The summed E-state index contributed by atoms with van der Waals surface area (Å²) in [7, 11) is 13.4. The van der Waals surface area contributed by atoms with Crippen LogP contribution in [0, 0.1) is 11.8 Å². The number of halogens is 12. The molecule has 0 unspecified atom stereocenters. The van der Waals surface area contributed by atoms with Crippen molar-refractivity contribution in [3.8, 4) is 114 Å². The van der Waals surface area contributed by atoms with E-state index in [2.05, 4.69) is 29.1 Å². The first-order valence-electron chi connectivity index (χ1n) is 47.3. The number of methoxy groups -OCH3 is 4. The van der Waals surface area contributed by atoms with Crippen LogP contribution in [0.25, 0.3) is 73.9 Å². The van der Waals surface area contributed by atoms with Crippen molar-refractivity contribution in [1.29, 1.82) is 0 Å². The zero-order chi connectivity index (χ0) is 109. The van der Waals surface area contributed by atoms with Crippen LogP contribution in [0.2, 0.25) is 40.2 Å². The fourth-order valence-electron chi connectivity index (χ4n) is 17.0. The zero-order valence-electron chi connectivity index (χ0n) is 87.1. The Balaban J connectivity index is 0.000000164. The third kappa shape index (κ3) is 25.0. The van der Waals surface area contributed by atoms with Crippen molar-refractivity contribution in [3.05, 3.63) is 247 Å². The van der Waals surface area contributed by atoms with Gasteiger partial charge in [-0.3, -0.25) is 28.8 Å². The zero-order valence-corrected chi connectivity index (χ0v) is 97.9. The number of aromatic nitrogens is 8. The third-order valence-electron chi connectivity index (χ3n) is 26.2. The van der Waals surface area contributed by atoms with Crippen molar-refractivity contribution < 1.29 is 140 Å². The van der Waals surface area contributed by atoms with E-state index in [1.54, 1.807) is 188 Å². The van der Waals surface area contributed by atoms with E-state index in [0.717, 1.165) is 54.8 Å². The molecule has 2 saturated carbocycles. The van der Waals surface area contributed by atoms with Crippen LogP contribution in [-0.4, -0.2) is 193 Å². The fraction of sp³-hybridized carbons (Fsp3) is 0.352. The maximum atomic E-state index is 13.7. The first-order chi connectivity index (χ1) is 70.0. The van der Waals surface area contributed by atoms with E-state index in [-0.39, 0.29) is 165 Å². The first kappa shape index (κ1) is 117. The second kappa shape index (κ2) is 46.5. The van der Waals surface area contributed by atoms with Crippen molar-refractivity contribution in [2.24, 2.45) is 11.8 Å². The van der Waals surface area contributed by atoms with Gasteiger partial charge in [-0.25, -0.2) is 18.7 Å². The number of fused-ring (bicyclic) bond motifs is 12.